The Hall–Kier alpha value is -1.84. The van der Waals surface area contributed by atoms with E-state index >= 15 is 0 Å². The number of nitrogens with one attached hydrogen (secondary N) is 2. The van der Waals surface area contributed by atoms with Crippen LogP contribution in [0.4, 0.5) is 0 Å². The Bertz CT molecular complexity index is 584. The Morgan fingerprint density at radius 2 is 1.77 bits per heavy atom. The lowest BCUT2D eigenvalue weighted by molar-refractivity contribution is -0.121. The Morgan fingerprint density at radius 1 is 1.09 bits per heavy atom. The molecule has 0 spiro atoms. The number of hydrogen-bond acceptors (Lipinski definition) is 2. The van der Waals surface area contributed by atoms with Crippen LogP contribution in [-0.4, -0.2) is 12.5 Å². The molecule has 1 amide bonds. The summed E-state index contributed by atoms with van der Waals surface area (Å²) in [5.74, 6) is 0.0442. The zero-order valence-electron chi connectivity index (χ0n) is 12.7. The molecule has 0 fully saturated rings. The molecule has 1 atom stereocenters. The molecule has 0 radical (unpaired) electrons. The molecule has 0 aromatic heterocycles. The van der Waals surface area contributed by atoms with Crippen LogP contribution in [0.1, 0.15) is 30.5 Å². The summed E-state index contributed by atoms with van der Waals surface area (Å²) in [6.45, 7) is 3.29. The molecule has 4 heteroatoms. The highest BCUT2D eigenvalue weighted by molar-refractivity contribution is 6.30. The van der Waals surface area contributed by atoms with Crippen LogP contribution in [0.2, 0.25) is 5.02 Å². The molecule has 0 saturated carbocycles. The molecule has 0 saturated heterocycles. The van der Waals surface area contributed by atoms with Crippen LogP contribution in [0.3, 0.4) is 0 Å². The molecule has 22 heavy (non-hydrogen) atoms. The molecular weight excluding hydrogens is 296 g/mol. The zero-order valence-corrected chi connectivity index (χ0v) is 13.4. The summed E-state index contributed by atoms with van der Waals surface area (Å²) < 4.78 is 0. The molecule has 2 N–H and O–H groups in total. The maximum Gasteiger partial charge on any atom is 0.221 e. The van der Waals surface area contributed by atoms with E-state index < -0.39 is 0 Å². The van der Waals surface area contributed by atoms with E-state index in [1.807, 2.05) is 42.5 Å². The van der Waals surface area contributed by atoms with Gasteiger partial charge in [0.15, 0.2) is 0 Å². The molecule has 0 aliphatic carbocycles. The van der Waals surface area contributed by atoms with E-state index in [1.165, 1.54) is 5.56 Å². The molecule has 0 aliphatic rings. The fraction of sp³-hybridized carbons (Fsp3) is 0.278. The van der Waals surface area contributed by atoms with Crippen LogP contribution in [-0.2, 0) is 11.3 Å². The number of rotatable bonds is 7. The summed E-state index contributed by atoms with van der Waals surface area (Å²) in [6.07, 6.45) is 0.463. The van der Waals surface area contributed by atoms with Crippen LogP contribution < -0.4 is 10.6 Å². The van der Waals surface area contributed by atoms with Crippen molar-refractivity contribution in [1.29, 1.82) is 0 Å². The average molecular weight is 317 g/mol. The molecule has 0 bridgehead atoms. The third-order valence-electron chi connectivity index (χ3n) is 3.51. The van der Waals surface area contributed by atoms with Crippen molar-refractivity contribution in [3.8, 4) is 0 Å². The lowest BCUT2D eigenvalue weighted by Gasteiger charge is -2.14. The normalized spacial score (nSPS) is 11.9. The monoisotopic (exact) mass is 316 g/mol. The second-order valence-electron chi connectivity index (χ2n) is 5.24. The zero-order chi connectivity index (χ0) is 15.8. The summed E-state index contributed by atoms with van der Waals surface area (Å²) in [7, 11) is 0. The van der Waals surface area contributed by atoms with Gasteiger partial charge in [-0.15, -0.1) is 0 Å². The van der Waals surface area contributed by atoms with Gasteiger partial charge in [0.2, 0.25) is 5.91 Å². The molecule has 2 rings (SSSR count). The Morgan fingerprint density at radius 3 is 2.45 bits per heavy atom. The maximum atomic E-state index is 11.8. The minimum absolute atomic E-state index is 0.0442. The van der Waals surface area contributed by atoms with Crippen LogP contribution in [0.25, 0.3) is 0 Å². The summed E-state index contributed by atoms with van der Waals surface area (Å²) in [5.41, 5.74) is 2.27. The average Bonchev–Trinajstić information content (AvgIpc) is 2.55. The summed E-state index contributed by atoms with van der Waals surface area (Å²) in [5, 5.41) is 6.97. The lowest BCUT2D eigenvalue weighted by Crippen LogP contribution is -2.28. The SMILES string of the molecule is CC(NCCC(=O)NCc1ccc(Cl)cc1)c1ccccc1. The van der Waals surface area contributed by atoms with E-state index in [0.717, 1.165) is 5.56 Å². The first-order valence-electron chi connectivity index (χ1n) is 7.44. The summed E-state index contributed by atoms with van der Waals surface area (Å²) >= 11 is 5.83. The van der Waals surface area contributed by atoms with E-state index in [9.17, 15) is 4.79 Å². The number of hydrogen-bond donors (Lipinski definition) is 2. The highest BCUT2D eigenvalue weighted by atomic mass is 35.5. The fourth-order valence-corrected chi connectivity index (χ4v) is 2.28. The first-order chi connectivity index (χ1) is 10.6. The minimum Gasteiger partial charge on any atom is -0.352 e. The minimum atomic E-state index is 0.0442. The van der Waals surface area contributed by atoms with E-state index in [1.54, 1.807) is 0 Å². The van der Waals surface area contributed by atoms with E-state index in [4.69, 9.17) is 11.6 Å². The highest BCUT2D eigenvalue weighted by Gasteiger charge is 2.05. The summed E-state index contributed by atoms with van der Waals surface area (Å²) in [6, 6.07) is 17.9. The Balaban J connectivity index is 1.66. The molecule has 0 heterocycles. The predicted octanol–water partition coefficient (Wildman–Crippen LogP) is 3.70. The van der Waals surface area contributed by atoms with Crippen molar-refractivity contribution in [2.45, 2.75) is 25.9 Å². The van der Waals surface area contributed by atoms with Crippen molar-refractivity contribution in [3.05, 3.63) is 70.7 Å². The molecule has 2 aromatic rings. The Labute approximate surface area is 136 Å². The Kier molecular flexibility index (Phi) is 6.44. The van der Waals surface area contributed by atoms with Gasteiger partial charge in [-0.05, 0) is 30.2 Å². The molecule has 0 aliphatic heterocycles. The van der Waals surface area contributed by atoms with Gasteiger partial charge >= 0.3 is 0 Å². The number of amides is 1. The molecule has 116 valence electrons. The quantitative estimate of drug-likeness (QED) is 0.818. The van der Waals surface area contributed by atoms with Crippen LogP contribution in [0.15, 0.2) is 54.6 Å². The van der Waals surface area contributed by atoms with Crippen molar-refractivity contribution < 1.29 is 4.79 Å². The lowest BCUT2D eigenvalue weighted by atomic mass is 10.1. The van der Waals surface area contributed by atoms with Crippen LogP contribution >= 0.6 is 11.6 Å². The number of benzene rings is 2. The molecule has 1 unspecified atom stereocenters. The molecular formula is C18H21ClN2O. The first-order valence-corrected chi connectivity index (χ1v) is 7.82. The van der Waals surface area contributed by atoms with Crippen molar-refractivity contribution in [2.75, 3.05) is 6.54 Å². The maximum absolute atomic E-state index is 11.8. The standard InChI is InChI=1S/C18H21ClN2O/c1-14(16-5-3-2-4-6-16)20-12-11-18(22)21-13-15-7-9-17(19)10-8-15/h2-10,14,20H,11-13H2,1H3,(H,21,22). The van der Waals surface area contributed by atoms with Crippen LogP contribution in [0, 0.1) is 0 Å². The van der Waals surface area contributed by atoms with E-state index in [-0.39, 0.29) is 11.9 Å². The van der Waals surface area contributed by atoms with Gasteiger partial charge in [0.25, 0.3) is 0 Å². The van der Waals surface area contributed by atoms with Gasteiger partial charge in [0, 0.05) is 30.6 Å². The number of halogens is 1. The van der Waals surface area contributed by atoms with Gasteiger partial charge in [0.05, 0.1) is 0 Å². The van der Waals surface area contributed by atoms with E-state index in [2.05, 4.69) is 29.7 Å². The van der Waals surface area contributed by atoms with Crippen molar-refractivity contribution in [2.24, 2.45) is 0 Å². The topological polar surface area (TPSA) is 41.1 Å². The van der Waals surface area contributed by atoms with Crippen molar-refractivity contribution in [1.82, 2.24) is 10.6 Å². The van der Waals surface area contributed by atoms with Gasteiger partial charge in [0.1, 0.15) is 0 Å². The second kappa shape index (κ2) is 8.57. The van der Waals surface area contributed by atoms with Crippen LogP contribution in [0.5, 0.6) is 0 Å². The van der Waals surface area contributed by atoms with Crippen molar-refractivity contribution >= 4 is 17.5 Å². The van der Waals surface area contributed by atoms with Gasteiger partial charge in [-0.25, -0.2) is 0 Å². The smallest absolute Gasteiger partial charge is 0.221 e. The van der Waals surface area contributed by atoms with Gasteiger partial charge < -0.3 is 10.6 Å². The largest absolute Gasteiger partial charge is 0.352 e. The van der Waals surface area contributed by atoms with Crippen molar-refractivity contribution in [3.63, 3.8) is 0 Å². The number of carbonyl (C=O) groups excluding carboxylic acids is 1. The van der Waals surface area contributed by atoms with E-state index in [0.29, 0.717) is 24.5 Å². The predicted molar refractivity (Wildman–Crippen MR) is 90.8 cm³/mol. The van der Waals surface area contributed by atoms with Gasteiger partial charge in [-0.1, -0.05) is 54.1 Å². The van der Waals surface area contributed by atoms with Gasteiger partial charge in [-0.3, -0.25) is 4.79 Å². The van der Waals surface area contributed by atoms with Gasteiger partial charge in [-0.2, -0.15) is 0 Å². The fourth-order valence-electron chi connectivity index (χ4n) is 2.15. The first kappa shape index (κ1) is 16.5. The number of carbonyl (C=O) groups is 1. The molecule has 2 aromatic carbocycles. The third kappa shape index (κ3) is 5.51. The molecule has 3 nitrogen and oxygen atoms in total. The summed E-state index contributed by atoms with van der Waals surface area (Å²) in [4.78, 5) is 11.8. The second-order valence-corrected chi connectivity index (χ2v) is 5.68. The third-order valence-corrected chi connectivity index (χ3v) is 3.76. The highest BCUT2D eigenvalue weighted by Crippen LogP contribution is 2.11.